The topological polar surface area (TPSA) is 94.5 Å². The Kier molecular flexibility index (Phi) is 7.43. The number of rotatable bonds is 6. The Balaban J connectivity index is 1.64. The molecule has 1 fully saturated rings. The maximum Gasteiger partial charge on any atom is 0.413 e. The molecule has 1 aliphatic rings. The van der Waals surface area contributed by atoms with E-state index in [1.54, 1.807) is 0 Å². The SMILES string of the molecule is CC(C)NC(=O)OC1CCC(c2cc(NC(=O)OCc3ccccc3)n(C(C)(C)C)n2)C1. The highest BCUT2D eigenvalue weighted by molar-refractivity contribution is 5.83. The second-order valence-electron chi connectivity index (χ2n) is 9.56. The summed E-state index contributed by atoms with van der Waals surface area (Å²) in [6.45, 7) is 10.1. The number of ether oxygens (including phenoxy) is 2. The van der Waals surface area contributed by atoms with Crippen LogP contribution in [0.1, 0.15) is 71.1 Å². The Hall–Kier alpha value is -3.03. The molecule has 2 amide bonds. The largest absolute Gasteiger partial charge is 0.446 e. The van der Waals surface area contributed by atoms with Crippen molar-refractivity contribution in [2.75, 3.05) is 5.32 Å². The molecular formula is C24H34N4O4. The van der Waals surface area contributed by atoms with Crippen LogP contribution in [0.3, 0.4) is 0 Å². The molecule has 32 heavy (non-hydrogen) atoms. The number of carbonyl (C=O) groups is 2. The van der Waals surface area contributed by atoms with Crippen molar-refractivity contribution in [3.63, 3.8) is 0 Å². The van der Waals surface area contributed by atoms with E-state index in [9.17, 15) is 9.59 Å². The number of aromatic nitrogens is 2. The van der Waals surface area contributed by atoms with Gasteiger partial charge in [-0.3, -0.25) is 5.32 Å². The molecule has 1 aliphatic carbocycles. The smallest absolute Gasteiger partial charge is 0.413 e. The van der Waals surface area contributed by atoms with Crippen molar-refractivity contribution >= 4 is 18.0 Å². The molecule has 2 atom stereocenters. The van der Waals surface area contributed by atoms with Crippen LogP contribution in [0.2, 0.25) is 0 Å². The molecule has 2 aromatic rings. The average Bonchev–Trinajstić information content (AvgIpc) is 3.33. The molecule has 0 spiro atoms. The number of nitrogens with zero attached hydrogens (tertiary/aromatic N) is 2. The number of benzene rings is 1. The molecule has 1 aromatic heterocycles. The summed E-state index contributed by atoms with van der Waals surface area (Å²) in [6.07, 6.45) is 1.34. The number of nitrogens with one attached hydrogen (secondary N) is 2. The maximum atomic E-state index is 12.4. The average molecular weight is 443 g/mol. The predicted molar refractivity (Wildman–Crippen MR) is 123 cm³/mol. The molecule has 0 saturated heterocycles. The monoisotopic (exact) mass is 442 g/mol. The molecule has 3 rings (SSSR count). The van der Waals surface area contributed by atoms with Gasteiger partial charge in [0.2, 0.25) is 0 Å². The lowest BCUT2D eigenvalue weighted by Gasteiger charge is -2.22. The van der Waals surface area contributed by atoms with Crippen LogP contribution in [0.5, 0.6) is 0 Å². The van der Waals surface area contributed by atoms with Crippen LogP contribution < -0.4 is 10.6 Å². The van der Waals surface area contributed by atoms with Gasteiger partial charge in [0, 0.05) is 18.0 Å². The molecular weight excluding hydrogens is 408 g/mol. The minimum Gasteiger partial charge on any atom is -0.446 e. The first kappa shape index (κ1) is 23.6. The van der Waals surface area contributed by atoms with E-state index in [1.165, 1.54) is 0 Å². The van der Waals surface area contributed by atoms with E-state index in [2.05, 4.69) is 10.6 Å². The highest BCUT2D eigenvalue weighted by atomic mass is 16.6. The fraction of sp³-hybridized carbons (Fsp3) is 0.542. The van der Waals surface area contributed by atoms with Gasteiger partial charge in [-0.2, -0.15) is 5.10 Å². The zero-order valence-electron chi connectivity index (χ0n) is 19.6. The molecule has 0 radical (unpaired) electrons. The van der Waals surface area contributed by atoms with Gasteiger partial charge in [0.05, 0.1) is 11.2 Å². The molecule has 1 saturated carbocycles. The van der Waals surface area contributed by atoms with Gasteiger partial charge in [-0.15, -0.1) is 0 Å². The zero-order chi connectivity index (χ0) is 23.3. The van der Waals surface area contributed by atoms with Crippen molar-refractivity contribution in [3.8, 4) is 0 Å². The Morgan fingerprint density at radius 1 is 1.16 bits per heavy atom. The number of carbonyl (C=O) groups excluding carboxylic acids is 2. The summed E-state index contributed by atoms with van der Waals surface area (Å²) in [5, 5.41) is 10.4. The zero-order valence-corrected chi connectivity index (χ0v) is 19.6. The lowest BCUT2D eigenvalue weighted by Crippen LogP contribution is -2.33. The predicted octanol–water partition coefficient (Wildman–Crippen LogP) is 5.16. The van der Waals surface area contributed by atoms with Crippen LogP contribution in [0.25, 0.3) is 0 Å². The summed E-state index contributed by atoms with van der Waals surface area (Å²) in [6, 6.07) is 11.5. The third-order valence-electron chi connectivity index (χ3n) is 5.29. The number of anilines is 1. The summed E-state index contributed by atoms with van der Waals surface area (Å²) < 4.78 is 12.7. The summed E-state index contributed by atoms with van der Waals surface area (Å²) in [5.41, 5.74) is 1.48. The van der Waals surface area contributed by atoms with Crippen LogP contribution in [0.4, 0.5) is 15.4 Å². The van der Waals surface area contributed by atoms with Gasteiger partial charge in [0.1, 0.15) is 18.5 Å². The lowest BCUT2D eigenvalue weighted by molar-refractivity contribution is 0.0981. The number of hydrogen-bond acceptors (Lipinski definition) is 5. The van der Waals surface area contributed by atoms with E-state index in [0.29, 0.717) is 12.2 Å². The van der Waals surface area contributed by atoms with Gasteiger partial charge >= 0.3 is 12.2 Å². The number of alkyl carbamates (subject to hydrolysis) is 1. The van der Waals surface area contributed by atoms with E-state index in [-0.39, 0.29) is 36.3 Å². The number of hydrogen-bond donors (Lipinski definition) is 2. The van der Waals surface area contributed by atoms with Gasteiger partial charge in [0.25, 0.3) is 0 Å². The highest BCUT2D eigenvalue weighted by Gasteiger charge is 2.32. The summed E-state index contributed by atoms with van der Waals surface area (Å²) in [4.78, 5) is 24.3. The van der Waals surface area contributed by atoms with Crippen LogP contribution in [0.15, 0.2) is 36.4 Å². The van der Waals surface area contributed by atoms with Gasteiger partial charge in [0.15, 0.2) is 0 Å². The highest BCUT2D eigenvalue weighted by Crippen LogP contribution is 2.37. The second kappa shape index (κ2) is 10.1. The first-order chi connectivity index (χ1) is 15.1. The standard InChI is InChI=1S/C24H34N4O4/c1-16(2)25-23(30)32-19-12-11-18(13-19)20-14-21(28(27-20)24(3,4)5)26-22(29)31-15-17-9-7-6-8-10-17/h6-10,14,16,18-19H,11-13,15H2,1-5H3,(H,25,30)(H,26,29). The van der Waals surface area contributed by atoms with E-state index >= 15 is 0 Å². The van der Waals surface area contributed by atoms with Crippen LogP contribution in [-0.4, -0.2) is 34.1 Å². The van der Waals surface area contributed by atoms with Crippen molar-refractivity contribution in [2.24, 2.45) is 0 Å². The van der Waals surface area contributed by atoms with Crippen LogP contribution in [0, 0.1) is 0 Å². The molecule has 8 nitrogen and oxygen atoms in total. The fourth-order valence-electron chi connectivity index (χ4n) is 3.80. The van der Waals surface area contributed by atoms with E-state index in [1.807, 2.05) is 75.7 Å². The minimum atomic E-state index is -0.524. The molecule has 2 N–H and O–H groups in total. The third-order valence-corrected chi connectivity index (χ3v) is 5.29. The van der Waals surface area contributed by atoms with Crippen molar-refractivity contribution < 1.29 is 19.1 Å². The minimum absolute atomic E-state index is 0.0393. The Labute approximate surface area is 189 Å². The van der Waals surface area contributed by atoms with Crippen LogP contribution >= 0.6 is 0 Å². The Morgan fingerprint density at radius 2 is 1.88 bits per heavy atom. The Morgan fingerprint density at radius 3 is 2.53 bits per heavy atom. The van der Waals surface area contributed by atoms with Gasteiger partial charge < -0.3 is 14.8 Å². The van der Waals surface area contributed by atoms with E-state index in [0.717, 1.165) is 24.1 Å². The molecule has 174 valence electrons. The van der Waals surface area contributed by atoms with Gasteiger partial charge in [-0.05, 0) is 59.4 Å². The summed E-state index contributed by atoms with van der Waals surface area (Å²) in [5.74, 6) is 0.754. The van der Waals surface area contributed by atoms with Crippen molar-refractivity contribution in [1.82, 2.24) is 15.1 Å². The first-order valence-electron chi connectivity index (χ1n) is 11.2. The summed E-state index contributed by atoms with van der Waals surface area (Å²) in [7, 11) is 0. The lowest BCUT2D eigenvalue weighted by atomic mass is 10.0. The first-order valence-corrected chi connectivity index (χ1v) is 11.2. The van der Waals surface area contributed by atoms with Crippen molar-refractivity contribution in [1.29, 1.82) is 0 Å². The van der Waals surface area contributed by atoms with E-state index in [4.69, 9.17) is 14.6 Å². The van der Waals surface area contributed by atoms with Gasteiger partial charge in [-0.25, -0.2) is 14.3 Å². The molecule has 2 unspecified atom stereocenters. The Bertz CT molecular complexity index is 918. The van der Waals surface area contributed by atoms with Crippen LogP contribution in [-0.2, 0) is 21.6 Å². The summed E-state index contributed by atoms with van der Waals surface area (Å²) >= 11 is 0. The molecule has 8 heteroatoms. The van der Waals surface area contributed by atoms with Crippen molar-refractivity contribution in [3.05, 3.63) is 47.7 Å². The number of amides is 2. The molecule has 1 heterocycles. The quantitative estimate of drug-likeness (QED) is 0.645. The second-order valence-corrected chi connectivity index (χ2v) is 9.56. The molecule has 0 bridgehead atoms. The van der Waals surface area contributed by atoms with E-state index < -0.39 is 6.09 Å². The maximum absolute atomic E-state index is 12.4. The van der Waals surface area contributed by atoms with Crippen molar-refractivity contribution in [2.45, 2.75) is 84.1 Å². The fourth-order valence-corrected chi connectivity index (χ4v) is 3.80. The van der Waals surface area contributed by atoms with Gasteiger partial charge in [-0.1, -0.05) is 30.3 Å². The third kappa shape index (κ3) is 6.48. The molecule has 1 aromatic carbocycles. The molecule has 0 aliphatic heterocycles. The normalized spacial score (nSPS) is 18.4.